The van der Waals surface area contributed by atoms with E-state index < -0.39 is 0 Å². The predicted octanol–water partition coefficient (Wildman–Crippen LogP) is 2.31. The lowest BCUT2D eigenvalue weighted by atomic mass is 10.1. The summed E-state index contributed by atoms with van der Waals surface area (Å²) in [5.41, 5.74) is 2.35. The second kappa shape index (κ2) is 8.52. The molecule has 7 nitrogen and oxygen atoms in total. The fraction of sp³-hybridized carbons (Fsp3) is 0.550. The molecular formula is C20H27N5O2. The number of nitrogens with zero attached hydrogens (tertiary/aromatic N) is 5. The Bertz CT molecular complexity index is 764. The van der Waals surface area contributed by atoms with E-state index in [0.29, 0.717) is 5.88 Å². The highest BCUT2D eigenvalue weighted by Gasteiger charge is 2.20. The molecule has 0 radical (unpaired) electrons. The van der Waals surface area contributed by atoms with Gasteiger partial charge >= 0.3 is 0 Å². The van der Waals surface area contributed by atoms with Gasteiger partial charge in [-0.15, -0.1) is 0 Å². The minimum atomic E-state index is 0.585. The Labute approximate surface area is 160 Å². The number of anilines is 1. The van der Waals surface area contributed by atoms with Crippen LogP contribution in [0.1, 0.15) is 30.5 Å². The molecule has 0 unspecified atom stereocenters. The van der Waals surface area contributed by atoms with E-state index >= 15 is 0 Å². The van der Waals surface area contributed by atoms with Crippen molar-refractivity contribution in [3.8, 4) is 11.8 Å². The van der Waals surface area contributed by atoms with Gasteiger partial charge in [0.25, 0.3) is 0 Å². The number of pyridine rings is 1. The average molecular weight is 369 g/mol. The van der Waals surface area contributed by atoms with Crippen LogP contribution >= 0.6 is 0 Å². The van der Waals surface area contributed by atoms with Gasteiger partial charge in [-0.2, -0.15) is 0 Å². The smallest absolute Gasteiger partial charge is 0.218 e. The number of likely N-dealkylation sites (tertiary alicyclic amines) is 1. The highest BCUT2D eigenvalue weighted by molar-refractivity contribution is 5.44. The van der Waals surface area contributed by atoms with Gasteiger partial charge in [0.15, 0.2) is 0 Å². The summed E-state index contributed by atoms with van der Waals surface area (Å²) in [5.74, 6) is 2.21. The summed E-state index contributed by atoms with van der Waals surface area (Å²) in [6.07, 6.45) is 6.16. The largest absolute Gasteiger partial charge is 0.481 e. The average Bonchev–Trinajstić information content (AvgIpc) is 3.24. The van der Waals surface area contributed by atoms with Gasteiger partial charge < -0.3 is 19.3 Å². The Morgan fingerprint density at radius 3 is 2.81 bits per heavy atom. The lowest BCUT2D eigenvalue weighted by Gasteiger charge is -2.29. The molecule has 27 heavy (non-hydrogen) atoms. The van der Waals surface area contributed by atoms with Crippen molar-refractivity contribution in [3.63, 3.8) is 0 Å². The Balaban J connectivity index is 1.32. The van der Waals surface area contributed by atoms with Gasteiger partial charge in [-0.05, 0) is 37.9 Å². The lowest BCUT2D eigenvalue weighted by molar-refractivity contribution is 0.256. The predicted molar refractivity (Wildman–Crippen MR) is 103 cm³/mol. The second-order valence-electron chi connectivity index (χ2n) is 7.10. The Kier molecular flexibility index (Phi) is 5.67. The lowest BCUT2D eigenvalue weighted by Crippen LogP contribution is -2.31. The van der Waals surface area contributed by atoms with Crippen molar-refractivity contribution in [3.05, 3.63) is 35.8 Å². The van der Waals surface area contributed by atoms with Gasteiger partial charge in [-0.25, -0.2) is 15.0 Å². The second-order valence-corrected chi connectivity index (χ2v) is 7.10. The molecule has 0 atom stereocenters. The van der Waals surface area contributed by atoms with E-state index in [2.05, 4.69) is 25.8 Å². The first-order chi connectivity index (χ1) is 13.3. The number of methoxy groups -OCH3 is 1. The highest BCUT2D eigenvalue weighted by Crippen LogP contribution is 2.25. The van der Waals surface area contributed by atoms with Crippen LogP contribution in [0.3, 0.4) is 0 Å². The molecule has 4 heterocycles. The van der Waals surface area contributed by atoms with Crippen molar-refractivity contribution in [1.82, 2.24) is 19.9 Å². The van der Waals surface area contributed by atoms with Crippen LogP contribution in [0.4, 0.5) is 5.82 Å². The maximum Gasteiger partial charge on any atom is 0.218 e. The first-order valence-corrected chi connectivity index (χ1v) is 9.77. The van der Waals surface area contributed by atoms with Gasteiger partial charge in [-0.3, -0.25) is 0 Å². The third-order valence-electron chi connectivity index (χ3n) is 5.25. The van der Waals surface area contributed by atoms with Crippen LogP contribution in [0.25, 0.3) is 0 Å². The summed E-state index contributed by atoms with van der Waals surface area (Å²) in [6.45, 7) is 6.01. The van der Waals surface area contributed by atoms with Crippen molar-refractivity contribution in [2.75, 3.05) is 44.8 Å². The Hall–Kier alpha value is -2.41. The fourth-order valence-corrected chi connectivity index (χ4v) is 3.76. The maximum atomic E-state index is 5.89. The minimum Gasteiger partial charge on any atom is -0.481 e. The monoisotopic (exact) mass is 369 g/mol. The molecule has 7 heteroatoms. The standard InChI is InChI=1S/C20H27N5O2/c1-26-20-13-18(21-15-22-20)25-11-7-17-16(14-25)5-6-19(23-17)27-12-4-10-24-8-2-3-9-24/h5-6,13,15H,2-4,7-12,14H2,1H3. The third kappa shape index (κ3) is 4.47. The quantitative estimate of drug-likeness (QED) is 0.694. The SMILES string of the molecule is COc1cc(N2CCc3nc(OCCCN4CCCC4)ccc3C2)ncn1. The number of fused-ring (bicyclic) bond motifs is 1. The zero-order chi connectivity index (χ0) is 18.5. The van der Waals surface area contributed by atoms with Crippen LogP contribution in [-0.2, 0) is 13.0 Å². The number of hydrogen-bond donors (Lipinski definition) is 0. The van der Waals surface area contributed by atoms with Crippen LogP contribution < -0.4 is 14.4 Å². The molecule has 2 aromatic heterocycles. The molecule has 4 rings (SSSR count). The number of aromatic nitrogens is 3. The van der Waals surface area contributed by atoms with Crippen LogP contribution in [0.5, 0.6) is 11.8 Å². The molecule has 0 aliphatic carbocycles. The van der Waals surface area contributed by atoms with Crippen LogP contribution in [0.15, 0.2) is 24.5 Å². The summed E-state index contributed by atoms with van der Waals surface area (Å²) in [6, 6.07) is 5.98. The number of rotatable bonds is 7. The fourth-order valence-electron chi connectivity index (χ4n) is 3.76. The summed E-state index contributed by atoms with van der Waals surface area (Å²) in [5, 5.41) is 0. The minimum absolute atomic E-state index is 0.585. The molecule has 1 saturated heterocycles. The van der Waals surface area contributed by atoms with Crippen molar-refractivity contribution in [2.45, 2.75) is 32.2 Å². The van der Waals surface area contributed by atoms with E-state index in [1.54, 1.807) is 13.4 Å². The van der Waals surface area contributed by atoms with Gasteiger partial charge in [-0.1, -0.05) is 6.07 Å². The summed E-state index contributed by atoms with van der Waals surface area (Å²) in [7, 11) is 1.62. The van der Waals surface area contributed by atoms with Crippen molar-refractivity contribution in [1.29, 1.82) is 0 Å². The first-order valence-electron chi connectivity index (χ1n) is 9.77. The van der Waals surface area contributed by atoms with E-state index in [1.165, 1.54) is 31.5 Å². The number of hydrogen-bond acceptors (Lipinski definition) is 7. The van der Waals surface area contributed by atoms with Crippen molar-refractivity contribution in [2.24, 2.45) is 0 Å². The molecule has 1 fully saturated rings. The normalized spacial score (nSPS) is 17.0. The van der Waals surface area contributed by atoms with Crippen LogP contribution in [-0.4, -0.2) is 59.7 Å². The van der Waals surface area contributed by atoms with Crippen LogP contribution in [0, 0.1) is 0 Å². The summed E-state index contributed by atoms with van der Waals surface area (Å²) >= 11 is 0. The molecule has 0 spiro atoms. The molecule has 2 aliphatic heterocycles. The summed E-state index contributed by atoms with van der Waals surface area (Å²) in [4.78, 5) is 17.9. The molecule has 0 bridgehead atoms. The van der Waals surface area contributed by atoms with Crippen LogP contribution in [0.2, 0.25) is 0 Å². The topological polar surface area (TPSA) is 63.6 Å². The Morgan fingerprint density at radius 2 is 1.96 bits per heavy atom. The van der Waals surface area contributed by atoms with E-state index in [0.717, 1.165) is 56.5 Å². The summed E-state index contributed by atoms with van der Waals surface area (Å²) < 4.78 is 11.1. The van der Waals surface area contributed by atoms with Gasteiger partial charge in [0.1, 0.15) is 12.1 Å². The van der Waals surface area contributed by atoms with Gasteiger partial charge in [0.05, 0.1) is 19.4 Å². The molecule has 0 N–H and O–H groups in total. The first kappa shape index (κ1) is 18.0. The highest BCUT2D eigenvalue weighted by atomic mass is 16.5. The van der Waals surface area contributed by atoms with Crippen molar-refractivity contribution < 1.29 is 9.47 Å². The molecule has 0 aromatic carbocycles. The molecule has 2 aromatic rings. The Morgan fingerprint density at radius 1 is 1.07 bits per heavy atom. The van der Waals surface area contributed by atoms with Crippen molar-refractivity contribution >= 4 is 5.82 Å². The van der Waals surface area contributed by atoms with E-state index in [1.807, 2.05) is 12.1 Å². The zero-order valence-electron chi connectivity index (χ0n) is 15.9. The maximum absolute atomic E-state index is 5.89. The van der Waals surface area contributed by atoms with Gasteiger partial charge in [0.2, 0.25) is 11.8 Å². The molecule has 144 valence electrons. The molecule has 0 amide bonds. The third-order valence-corrected chi connectivity index (χ3v) is 5.25. The molecule has 0 saturated carbocycles. The van der Waals surface area contributed by atoms with Gasteiger partial charge in [0, 0.05) is 38.2 Å². The van der Waals surface area contributed by atoms with E-state index in [4.69, 9.17) is 14.5 Å². The zero-order valence-corrected chi connectivity index (χ0v) is 15.9. The molecule has 2 aliphatic rings. The molecular weight excluding hydrogens is 342 g/mol. The van der Waals surface area contributed by atoms with E-state index in [-0.39, 0.29) is 0 Å². The van der Waals surface area contributed by atoms with E-state index in [9.17, 15) is 0 Å². The number of ether oxygens (including phenoxy) is 2.